The number of nitrogens with zero attached hydrogens (tertiary/aromatic N) is 2. The molecule has 0 bridgehead atoms. The zero-order valence-corrected chi connectivity index (χ0v) is 17.1. The van der Waals surface area contributed by atoms with Crippen LogP contribution in [0.2, 0.25) is 0 Å². The van der Waals surface area contributed by atoms with E-state index in [1.165, 1.54) is 36.0 Å². The van der Waals surface area contributed by atoms with Gasteiger partial charge in [0, 0.05) is 23.4 Å². The normalized spacial score (nSPS) is 14.1. The summed E-state index contributed by atoms with van der Waals surface area (Å²) in [5.41, 5.74) is 1.07. The van der Waals surface area contributed by atoms with E-state index in [9.17, 15) is 19.7 Å². The first-order valence-corrected chi connectivity index (χ1v) is 9.98. The third-order valence-electron chi connectivity index (χ3n) is 4.15. The number of thioether (sulfide) groups is 1. The highest BCUT2D eigenvalue weighted by Gasteiger charge is 2.40. The fourth-order valence-corrected chi connectivity index (χ4v) is 3.96. The highest BCUT2D eigenvalue weighted by Crippen LogP contribution is 2.40. The minimum atomic E-state index is -0.505. The average Bonchev–Trinajstić information content (AvgIpc) is 2.91. The Hall–Kier alpha value is -3.13. The monoisotopic (exact) mass is 412 g/mol. The molecule has 0 atom stereocenters. The summed E-state index contributed by atoms with van der Waals surface area (Å²) in [6, 6.07) is 12.5. The first kappa shape index (κ1) is 20.6. The van der Waals surface area contributed by atoms with Gasteiger partial charge in [-0.15, -0.1) is 11.8 Å². The molecule has 2 amide bonds. The van der Waals surface area contributed by atoms with Crippen LogP contribution in [-0.2, 0) is 9.59 Å². The molecular weight excluding hydrogens is 392 g/mol. The van der Waals surface area contributed by atoms with Crippen LogP contribution in [0.4, 0.5) is 11.4 Å². The molecule has 0 saturated heterocycles. The second-order valence-corrected chi connectivity index (χ2v) is 8.14. The van der Waals surface area contributed by atoms with Gasteiger partial charge >= 0.3 is 0 Å². The Morgan fingerprint density at radius 2 is 1.79 bits per heavy atom. The minimum absolute atomic E-state index is 0.0736. The fourth-order valence-electron chi connectivity index (χ4n) is 2.97. The van der Waals surface area contributed by atoms with Crippen LogP contribution in [0.1, 0.15) is 26.3 Å². The van der Waals surface area contributed by atoms with Gasteiger partial charge in [-0.3, -0.25) is 19.7 Å². The van der Waals surface area contributed by atoms with E-state index in [-0.39, 0.29) is 16.5 Å². The molecule has 0 aromatic heterocycles. The number of nitro benzene ring substituents is 1. The van der Waals surface area contributed by atoms with Crippen molar-refractivity contribution in [3.8, 4) is 5.75 Å². The number of hydrogen-bond donors (Lipinski definition) is 0. The molecule has 0 spiro atoms. The van der Waals surface area contributed by atoms with Crippen LogP contribution in [0, 0.1) is 10.1 Å². The molecule has 7 nitrogen and oxygen atoms in total. The predicted octanol–water partition coefficient (Wildman–Crippen LogP) is 4.42. The number of amides is 2. The van der Waals surface area contributed by atoms with Crippen molar-refractivity contribution >= 4 is 40.5 Å². The number of carbonyl (C=O) groups excluding carboxylic acids is 2. The molecule has 0 aliphatic carbocycles. The average molecular weight is 412 g/mol. The van der Waals surface area contributed by atoms with E-state index in [0.717, 1.165) is 4.90 Å². The van der Waals surface area contributed by atoms with Crippen molar-refractivity contribution in [1.29, 1.82) is 0 Å². The van der Waals surface area contributed by atoms with E-state index in [2.05, 4.69) is 0 Å². The predicted molar refractivity (Wildman–Crippen MR) is 113 cm³/mol. The zero-order valence-electron chi connectivity index (χ0n) is 16.2. The van der Waals surface area contributed by atoms with Crippen molar-refractivity contribution in [2.24, 2.45) is 0 Å². The molecule has 150 valence electrons. The number of benzene rings is 2. The number of hydrogen-bond acceptors (Lipinski definition) is 6. The minimum Gasteiger partial charge on any atom is -0.494 e. The van der Waals surface area contributed by atoms with E-state index in [0.29, 0.717) is 28.5 Å². The lowest BCUT2D eigenvalue weighted by atomic mass is 10.1. The third-order valence-corrected chi connectivity index (χ3v) is 5.23. The lowest BCUT2D eigenvalue weighted by Gasteiger charge is -2.16. The largest absolute Gasteiger partial charge is 0.494 e. The maximum absolute atomic E-state index is 13.3. The van der Waals surface area contributed by atoms with Crippen LogP contribution in [0.15, 0.2) is 53.4 Å². The van der Waals surface area contributed by atoms with Crippen molar-refractivity contribution in [1.82, 2.24) is 0 Å². The van der Waals surface area contributed by atoms with Crippen molar-refractivity contribution in [2.45, 2.75) is 26.0 Å². The third kappa shape index (κ3) is 4.17. The van der Waals surface area contributed by atoms with Crippen LogP contribution in [-0.4, -0.2) is 28.6 Å². The van der Waals surface area contributed by atoms with E-state index in [4.69, 9.17) is 4.74 Å². The molecule has 0 fully saturated rings. The maximum Gasteiger partial charge on any atom is 0.272 e. The second kappa shape index (κ2) is 8.48. The van der Waals surface area contributed by atoms with Gasteiger partial charge in [-0.1, -0.05) is 19.9 Å². The standard InChI is InChI=1S/C21H20N2O5S/c1-4-28-17-7-5-6-16(12-17)22-20(24)18(19(21(22)25)29-13(2)3)14-8-10-15(11-9-14)23(26)27/h5-13H,4H2,1-3H3. The first-order chi connectivity index (χ1) is 13.8. The first-order valence-electron chi connectivity index (χ1n) is 9.10. The maximum atomic E-state index is 13.3. The summed E-state index contributed by atoms with van der Waals surface area (Å²) in [6.45, 7) is 6.18. The van der Waals surface area contributed by atoms with Gasteiger partial charge < -0.3 is 4.74 Å². The molecule has 3 rings (SSSR count). The number of non-ortho nitro benzene ring substituents is 1. The highest BCUT2D eigenvalue weighted by molar-refractivity contribution is 8.04. The Labute approximate surface area is 172 Å². The zero-order chi connectivity index (χ0) is 21.1. The van der Waals surface area contributed by atoms with Gasteiger partial charge in [-0.25, -0.2) is 4.90 Å². The van der Waals surface area contributed by atoms with Gasteiger partial charge in [0.05, 0.1) is 27.7 Å². The smallest absolute Gasteiger partial charge is 0.272 e. The molecular formula is C21H20N2O5S. The van der Waals surface area contributed by atoms with Crippen molar-refractivity contribution in [2.75, 3.05) is 11.5 Å². The summed E-state index contributed by atoms with van der Waals surface area (Å²) < 4.78 is 5.48. The van der Waals surface area contributed by atoms with Gasteiger partial charge in [0.1, 0.15) is 5.75 Å². The molecule has 0 unspecified atom stereocenters. The molecule has 0 N–H and O–H groups in total. The van der Waals surface area contributed by atoms with Crippen LogP contribution in [0.25, 0.3) is 5.57 Å². The number of anilines is 1. The van der Waals surface area contributed by atoms with Crippen LogP contribution in [0.5, 0.6) is 5.75 Å². The van der Waals surface area contributed by atoms with Gasteiger partial charge in [0.2, 0.25) is 0 Å². The van der Waals surface area contributed by atoms with Gasteiger partial charge in [-0.2, -0.15) is 0 Å². The lowest BCUT2D eigenvalue weighted by molar-refractivity contribution is -0.384. The van der Waals surface area contributed by atoms with Crippen LogP contribution < -0.4 is 9.64 Å². The van der Waals surface area contributed by atoms with E-state index in [1.807, 2.05) is 20.8 Å². The molecule has 1 aliphatic heterocycles. The van der Waals surface area contributed by atoms with Crippen molar-refractivity contribution in [3.63, 3.8) is 0 Å². The molecule has 0 radical (unpaired) electrons. The topological polar surface area (TPSA) is 89.8 Å². The van der Waals surface area contributed by atoms with Crippen LogP contribution >= 0.6 is 11.8 Å². The summed E-state index contributed by atoms with van der Waals surface area (Å²) in [7, 11) is 0. The fraction of sp³-hybridized carbons (Fsp3) is 0.238. The molecule has 29 heavy (non-hydrogen) atoms. The van der Waals surface area contributed by atoms with Gasteiger partial charge in [-0.05, 0) is 36.8 Å². The van der Waals surface area contributed by atoms with E-state index >= 15 is 0 Å². The Morgan fingerprint density at radius 3 is 2.38 bits per heavy atom. The summed E-state index contributed by atoms with van der Waals surface area (Å²) in [4.78, 5) is 38.3. The summed E-state index contributed by atoms with van der Waals surface area (Å²) in [5.74, 6) is -0.302. The molecule has 2 aromatic rings. The molecule has 8 heteroatoms. The lowest BCUT2D eigenvalue weighted by Crippen LogP contribution is -2.31. The van der Waals surface area contributed by atoms with Crippen molar-refractivity contribution in [3.05, 3.63) is 69.1 Å². The number of rotatable bonds is 7. The van der Waals surface area contributed by atoms with E-state index in [1.54, 1.807) is 24.3 Å². The number of carbonyl (C=O) groups is 2. The number of ether oxygens (including phenoxy) is 1. The second-order valence-electron chi connectivity index (χ2n) is 6.55. The molecule has 2 aromatic carbocycles. The Morgan fingerprint density at radius 1 is 1.10 bits per heavy atom. The summed E-state index contributed by atoms with van der Waals surface area (Å²) in [6.07, 6.45) is 0. The summed E-state index contributed by atoms with van der Waals surface area (Å²) >= 11 is 1.30. The highest BCUT2D eigenvalue weighted by atomic mass is 32.2. The van der Waals surface area contributed by atoms with Crippen molar-refractivity contribution < 1.29 is 19.2 Å². The van der Waals surface area contributed by atoms with E-state index < -0.39 is 16.7 Å². The SMILES string of the molecule is CCOc1cccc(N2C(=O)C(SC(C)C)=C(c3ccc([N+](=O)[O-])cc3)C2=O)c1. The Balaban J connectivity index is 2.06. The Bertz CT molecular complexity index is 998. The number of nitro groups is 1. The van der Waals surface area contributed by atoms with Gasteiger partial charge in [0.25, 0.3) is 17.5 Å². The summed E-state index contributed by atoms with van der Waals surface area (Å²) in [5, 5.41) is 11.0. The quantitative estimate of drug-likeness (QED) is 0.380. The van der Waals surface area contributed by atoms with Crippen LogP contribution in [0.3, 0.4) is 0 Å². The Kier molecular flexibility index (Phi) is 6.03. The van der Waals surface area contributed by atoms with Gasteiger partial charge in [0.15, 0.2) is 0 Å². The molecule has 0 saturated carbocycles. The number of imide groups is 1. The molecule has 1 heterocycles. The molecule has 1 aliphatic rings.